The quantitative estimate of drug-likeness (QED) is 0.140. The van der Waals surface area contributed by atoms with Crippen LogP contribution in [0.4, 0.5) is 28.4 Å². The van der Waals surface area contributed by atoms with Crippen molar-refractivity contribution in [2.75, 3.05) is 10.2 Å². The summed E-state index contributed by atoms with van der Waals surface area (Å²) in [5.41, 5.74) is 25.8. The number of furan rings is 2. The molecule has 4 heterocycles. The molecule has 22 aromatic rings. The molecular weight excluding hydrogens is 1420 g/mol. The normalized spacial score (nSPS) is 11.5. The standard InChI is InChI=1S/C52H34N2O.C28H19NO.C24H16BrN/c1-2-16-42-36(12-1)13-10-23-47(42)53(40-32-28-37(29-33-40)43-20-11-25-51-52(43)46-19-5-8-24-50(46)55-51)39-30-26-35(27-31-39)38-14-9-15-41(34-38)54-48-21-6-3-17-44(48)45-18-4-7-22-49(45)54;1-2-9-22-19(7-1)8-5-12-25(22)29-21-17-15-20(16-18-21)23-11-6-14-27-28(23)24-10-3-4-13-26(24)30-27;25-19-14-12-17(13-15-19)18-6-5-7-20(16-18)26-23-10-3-1-8-21(23)22-9-2-4-11-24(22)26/h1-34H;1-18,29H;1-16H. The van der Waals surface area contributed by atoms with Crippen molar-refractivity contribution in [2.45, 2.75) is 0 Å². The van der Waals surface area contributed by atoms with Crippen LogP contribution in [0.1, 0.15) is 0 Å². The maximum atomic E-state index is 6.22. The van der Waals surface area contributed by atoms with E-state index >= 15 is 0 Å². The molecule has 22 rings (SSSR count). The van der Waals surface area contributed by atoms with Gasteiger partial charge in [0.1, 0.15) is 22.3 Å². The third-order valence-electron chi connectivity index (χ3n) is 21.5. The molecule has 0 fully saturated rings. The molecule has 524 valence electrons. The van der Waals surface area contributed by atoms with Crippen LogP contribution in [-0.2, 0) is 0 Å². The molecule has 18 aromatic carbocycles. The number of nitrogens with zero attached hydrogens (tertiary/aromatic N) is 3. The second-order valence-electron chi connectivity index (χ2n) is 28.1. The van der Waals surface area contributed by atoms with Gasteiger partial charge in [-0.2, -0.15) is 0 Å². The van der Waals surface area contributed by atoms with Crippen molar-refractivity contribution >= 4 is 153 Å². The number of aromatic nitrogens is 2. The van der Waals surface area contributed by atoms with Gasteiger partial charge >= 0.3 is 0 Å². The Balaban J connectivity index is 0.000000120. The van der Waals surface area contributed by atoms with E-state index in [1.807, 2.05) is 30.3 Å². The fourth-order valence-electron chi connectivity index (χ4n) is 16.4. The molecule has 0 saturated carbocycles. The molecule has 0 aliphatic heterocycles. The Labute approximate surface area is 649 Å². The highest BCUT2D eigenvalue weighted by molar-refractivity contribution is 9.10. The molecule has 0 atom stereocenters. The Bertz CT molecular complexity index is 7130. The Morgan fingerprint density at radius 2 is 0.604 bits per heavy atom. The number of fused-ring (bicyclic) bond motifs is 14. The van der Waals surface area contributed by atoms with E-state index in [0.29, 0.717) is 0 Å². The van der Waals surface area contributed by atoms with Crippen LogP contribution in [0.5, 0.6) is 0 Å². The van der Waals surface area contributed by atoms with Crippen LogP contribution >= 0.6 is 15.9 Å². The molecule has 1 N–H and O–H groups in total. The zero-order valence-corrected chi connectivity index (χ0v) is 61.9. The Kier molecular flexibility index (Phi) is 17.0. The Morgan fingerprint density at radius 3 is 1.09 bits per heavy atom. The molecule has 4 aromatic heterocycles. The average molecular weight is 1490 g/mol. The van der Waals surface area contributed by atoms with E-state index in [-0.39, 0.29) is 0 Å². The third kappa shape index (κ3) is 12.3. The van der Waals surface area contributed by atoms with Crippen molar-refractivity contribution in [1.29, 1.82) is 0 Å². The molecule has 0 aliphatic carbocycles. The highest BCUT2D eigenvalue weighted by atomic mass is 79.9. The van der Waals surface area contributed by atoms with Gasteiger partial charge in [0, 0.05) is 92.5 Å². The highest BCUT2D eigenvalue weighted by Gasteiger charge is 2.21. The monoisotopic (exact) mass is 1480 g/mol. The summed E-state index contributed by atoms with van der Waals surface area (Å²) in [5, 5.41) is 18.1. The third-order valence-corrected chi connectivity index (χ3v) is 22.0. The van der Waals surface area contributed by atoms with Gasteiger partial charge in [0.25, 0.3) is 0 Å². The van der Waals surface area contributed by atoms with Gasteiger partial charge in [0.2, 0.25) is 0 Å². The van der Waals surface area contributed by atoms with Gasteiger partial charge in [-0.15, -0.1) is 0 Å². The molecule has 0 radical (unpaired) electrons. The van der Waals surface area contributed by atoms with E-state index in [1.165, 1.54) is 115 Å². The first-order chi connectivity index (χ1) is 55.0. The number of nitrogens with one attached hydrogen (secondary N) is 1. The summed E-state index contributed by atoms with van der Waals surface area (Å²) in [5.74, 6) is 0. The van der Waals surface area contributed by atoms with Crippen LogP contribution < -0.4 is 10.2 Å². The van der Waals surface area contributed by atoms with Gasteiger partial charge in [0.15, 0.2) is 0 Å². The van der Waals surface area contributed by atoms with Crippen LogP contribution in [0.25, 0.3) is 165 Å². The molecule has 0 amide bonds. The fourth-order valence-corrected chi connectivity index (χ4v) is 16.6. The minimum Gasteiger partial charge on any atom is -0.456 e. The maximum absolute atomic E-state index is 6.22. The van der Waals surface area contributed by atoms with Gasteiger partial charge < -0.3 is 28.2 Å². The molecule has 111 heavy (non-hydrogen) atoms. The van der Waals surface area contributed by atoms with E-state index < -0.39 is 0 Å². The molecular formula is C104H69BrN4O2. The molecule has 0 aliphatic rings. The maximum Gasteiger partial charge on any atom is 0.136 e. The highest BCUT2D eigenvalue weighted by Crippen LogP contribution is 2.45. The lowest BCUT2D eigenvalue weighted by atomic mass is 9.98. The van der Waals surface area contributed by atoms with E-state index in [4.69, 9.17) is 8.83 Å². The lowest BCUT2D eigenvalue weighted by Gasteiger charge is -2.27. The second-order valence-corrected chi connectivity index (χ2v) is 29.0. The summed E-state index contributed by atoms with van der Waals surface area (Å²) in [6, 6.07) is 146. The second kappa shape index (κ2) is 28.5. The van der Waals surface area contributed by atoms with Crippen LogP contribution in [0.2, 0.25) is 0 Å². The van der Waals surface area contributed by atoms with E-state index in [1.54, 1.807) is 0 Å². The zero-order valence-electron chi connectivity index (χ0n) is 60.3. The summed E-state index contributed by atoms with van der Waals surface area (Å²) >= 11 is 3.51. The summed E-state index contributed by atoms with van der Waals surface area (Å²) in [4.78, 5) is 2.37. The summed E-state index contributed by atoms with van der Waals surface area (Å²) in [6.07, 6.45) is 0. The molecule has 0 saturated heterocycles. The van der Waals surface area contributed by atoms with E-state index in [2.05, 4.69) is 417 Å². The molecule has 0 bridgehead atoms. The number of halogens is 1. The lowest BCUT2D eigenvalue weighted by molar-refractivity contribution is 0.668. The number of rotatable bonds is 11. The first-order valence-corrected chi connectivity index (χ1v) is 38.3. The molecule has 7 heteroatoms. The number of benzene rings is 18. The lowest BCUT2D eigenvalue weighted by Crippen LogP contribution is -2.10. The van der Waals surface area contributed by atoms with E-state index in [9.17, 15) is 0 Å². The van der Waals surface area contributed by atoms with Crippen molar-refractivity contribution in [3.05, 3.63) is 417 Å². The van der Waals surface area contributed by atoms with Crippen molar-refractivity contribution < 1.29 is 8.83 Å². The Hall–Kier alpha value is -14.2. The minimum atomic E-state index is 0.904. The van der Waals surface area contributed by atoms with Crippen LogP contribution in [0.15, 0.2) is 426 Å². The van der Waals surface area contributed by atoms with Gasteiger partial charge in [-0.25, -0.2) is 0 Å². The summed E-state index contributed by atoms with van der Waals surface area (Å²) in [6.45, 7) is 0. The van der Waals surface area contributed by atoms with Crippen LogP contribution in [0, 0.1) is 0 Å². The van der Waals surface area contributed by atoms with Gasteiger partial charge in [0.05, 0.1) is 27.8 Å². The zero-order chi connectivity index (χ0) is 73.7. The molecule has 0 spiro atoms. The number of anilines is 5. The minimum absolute atomic E-state index is 0.904. The van der Waals surface area contributed by atoms with Gasteiger partial charge in [-0.05, 0) is 189 Å². The van der Waals surface area contributed by atoms with Gasteiger partial charge in [-0.3, -0.25) is 0 Å². The van der Waals surface area contributed by atoms with E-state index in [0.717, 1.165) is 82.7 Å². The van der Waals surface area contributed by atoms with Crippen molar-refractivity contribution in [3.8, 4) is 55.9 Å². The molecule has 0 unspecified atom stereocenters. The van der Waals surface area contributed by atoms with Crippen LogP contribution in [0.3, 0.4) is 0 Å². The average Bonchev–Trinajstić information content (AvgIpc) is 1.65. The van der Waals surface area contributed by atoms with Crippen molar-refractivity contribution in [3.63, 3.8) is 0 Å². The first-order valence-electron chi connectivity index (χ1n) is 37.5. The summed E-state index contributed by atoms with van der Waals surface area (Å²) in [7, 11) is 0. The van der Waals surface area contributed by atoms with Crippen LogP contribution in [-0.4, -0.2) is 9.13 Å². The molecule has 6 nitrogen and oxygen atoms in total. The largest absolute Gasteiger partial charge is 0.456 e. The smallest absolute Gasteiger partial charge is 0.136 e. The fraction of sp³-hybridized carbons (Fsp3) is 0. The predicted molar refractivity (Wildman–Crippen MR) is 471 cm³/mol. The Morgan fingerprint density at radius 1 is 0.252 bits per heavy atom. The van der Waals surface area contributed by atoms with Crippen molar-refractivity contribution in [1.82, 2.24) is 9.13 Å². The van der Waals surface area contributed by atoms with Gasteiger partial charge in [-0.1, -0.05) is 295 Å². The van der Waals surface area contributed by atoms with Crippen molar-refractivity contribution in [2.24, 2.45) is 0 Å². The topological polar surface area (TPSA) is 51.4 Å². The first kappa shape index (κ1) is 66.2. The number of para-hydroxylation sites is 6. The number of hydrogen-bond acceptors (Lipinski definition) is 4. The number of hydrogen-bond donors (Lipinski definition) is 1. The summed E-state index contributed by atoms with van der Waals surface area (Å²) < 4.78 is 18.1. The SMILES string of the molecule is Brc1ccc(-c2cccc(-n3c4ccccc4c4ccccc43)c2)cc1.c1cc(-c2ccc(N(c3ccc(-c4cccc5oc6ccccc6c45)cc3)c3cccc4ccccc34)cc2)cc(-n2c3ccccc3c3ccccc32)c1.c1ccc2c(Nc3ccc(-c4cccc5oc6ccccc6c45)cc3)cccc2c1. The predicted octanol–water partition coefficient (Wildman–Crippen LogP) is 30.0.